The van der Waals surface area contributed by atoms with Gasteiger partial charge in [0.2, 0.25) is 0 Å². The molecule has 0 aliphatic rings. The van der Waals surface area contributed by atoms with Crippen molar-refractivity contribution in [1.82, 2.24) is 9.97 Å². The summed E-state index contributed by atoms with van der Waals surface area (Å²) >= 11 is 0. The van der Waals surface area contributed by atoms with E-state index in [1.54, 1.807) is 6.20 Å². The zero-order valence-electron chi connectivity index (χ0n) is 13.4. The molecule has 0 saturated carbocycles. The highest BCUT2D eigenvalue weighted by atomic mass is 15.1. The highest BCUT2D eigenvalue weighted by Gasteiger charge is 2.07. The lowest BCUT2D eigenvalue weighted by molar-refractivity contribution is 1.21. The maximum Gasteiger partial charge on any atom is 0.159 e. The maximum atomic E-state index is 4.33. The molecule has 4 rings (SSSR count). The average Bonchev–Trinajstić information content (AvgIpc) is 2.68. The predicted octanol–water partition coefficient (Wildman–Crippen LogP) is 5.06. The third kappa shape index (κ3) is 2.61. The third-order valence-corrected chi connectivity index (χ3v) is 4.22. The van der Waals surface area contributed by atoms with E-state index in [-0.39, 0.29) is 0 Å². The summed E-state index contributed by atoms with van der Waals surface area (Å²) in [7, 11) is 2.08. The van der Waals surface area contributed by atoms with Crippen molar-refractivity contribution >= 4 is 22.4 Å². The van der Waals surface area contributed by atoms with Crippen LogP contribution in [0.3, 0.4) is 0 Å². The Morgan fingerprint density at radius 1 is 0.667 bits per heavy atom. The van der Waals surface area contributed by atoms with Crippen molar-refractivity contribution in [3.8, 4) is 11.1 Å². The summed E-state index contributed by atoms with van der Waals surface area (Å²) in [5.41, 5.74) is 5.42. The molecule has 0 aliphatic carbocycles. The Labute approximate surface area is 141 Å². The Kier molecular flexibility index (Phi) is 3.67. The van der Waals surface area contributed by atoms with E-state index >= 15 is 0 Å². The monoisotopic (exact) mass is 311 g/mol. The molecule has 2 aromatic carbocycles. The lowest BCUT2D eigenvalue weighted by atomic mass is 10.0. The van der Waals surface area contributed by atoms with Gasteiger partial charge in [-0.1, -0.05) is 30.3 Å². The number of pyridine rings is 2. The molecule has 3 heteroatoms. The van der Waals surface area contributed by atoms with E-state index in [0.29, 0.717) is 0 Å². The topological polar surface area (TPSA) is 29.0 Å². The van der Waals surface area contributed by atoms with Gasteiger partial charge in [0.25, 0.3) is 0 Å². The molecule has 0 aliphatic heterocycles. The number of benzene rings is 2. The van der Waals surface area contributed by atoms with Gasteiger partial charge < -0.3 is 4.90 Å². The number of rotatable bonds is 3. The fourth-order valence-electron chi connectivity index (χ4n) is 2.90. The summed E-state index contributed by atoms with van der Waals surface area (Å²) in [6.45, 7) is 0. The smallest absolute Gasteiger partial charge is 0.159 e. The number of hydrogen-bond donors (Lipinski definition) is 0. The van der Waals surface area contributed by atoms with Crippen LogP contribution in [0.2, 0.25) is 0 Å². The van der Waals surface area contributed by atoms with Crippen molar-refractivity contribution in [2.45, 2.75) is 0 Å². The van der Waals surface area contributed by atoms with Crippen LogP contribution in [0.4, 0.5) is 11.4 Å². The van der Waals surface area contributed by atoms with Crippen molar-refractivity contribution < 1.29 is 0 Å². The second-order valence-electron chi connectivity index (χ2n) is 5.67. The molecule has 2 aromatic heterocycles. The minimum absolute atomic E-state index is 0.778. The number of fused-ring (bicyclic) bond motifs is 1. The number of aromatic nitrogens is 2. The second kappa shape index (κ2) is 6.13. The Bertz CT molecular complexity index is 958. The first kappa shape index (κ1) is 14.4. The molecule has 24 heavy (non-hydrogen) atoms. The largest absolute Gasteiger partial charge is 0.345 e. The van der Waals surface area contributed by atoms with Crippen LogP contribution in [-0.4, -0.2) is 17.0 Å². The van der Waals surface area contributed by atoms with E-state index in [9.17, 15) is 0 Å². The van der Waals surface area contributed by atoms with Crippen LogP contribution < -0.4 is 4.90 Å². The summed E-state index contributed by atoms with van der Waals surface area (Å²) in [5.74, 6) is 0. The maximum absolute atomic E-state index is 4.33. The normalized spacial score (nSPS) is 10.7. The molecule has 0 atom stereocenters. The van der Waals surface area contributed by atoms with E-state index in [0.717, 1.165) is 22.3 Å². The van der Waals surface area contributed by atoms with Gasteiger partial charge in [-0.05, 0) is 53.6 Å². The van der Waals surface area contributed by atoms with Crippen molar-refractivity contribution in [2.24, 2.45) is 0 Å². The first-order valence-corrected chi connectivity index (χ1v) is 7.92. The molecule has 0 bridgehead atoms. The molecule has 116 valence electrons. The molecular formula is C21H17N3. The Morgan fingerprint density at radius 2 is 1.38 bits per heavy atom. The summed E-state index contributed by atoms with van der Waals surface area (Å²) in [6.07, 6.45) is 3.59. The summed E-state index contributed by atoms with van der Waals surface area (Å²) < 4.78 is 0. The fourth-order valence-corrected chi connectivity index (χ4v) is 2.90. The van der Waals surface area contributed by atoms with E-state index in [1.165, 1.54) is 11.3 Å². The van der Waals surface area contributed by atoms with E-state index in [1.807, 2.05) is 24.4 Å². The van der Waals surface area contributed by atoms with Crippen molar-refractivity contribution in [2.75, 3.05) is 11.9 Å². The molecule has 0 N–H and O–H groups in total. The zero-order valence-corrected chi connectivity index (χ0v) is 13.4. The molecule has 2 heterocycles. The molecule has 0 radical (unpaired) electrons. The Hall–Kier alpha value is -3.20. The van der Waals surface area contributed by atoms with Crippen molar-refractivity contribution in [1.29, 1.82) is 0 Å². The molecule has 0 unspecified atom stereocenters. The average molecular weight is 311 g/mol. The predicted molar refractivity (Wildman–Crippen MR) is 99.5 cm³/mol. The van der Waals surface area contributed by atoms with Crippen LogP contribution in [-0.2, 0) is 0 Å². The van der Waals surface area contributed by atoms with Gasteiger partial charge in [-0.3, -0.25) is 0 Å². The van der Waals surface area contributed by atoms with E-state index in [4.69, 9.17) is 0 Å². The molecule has 0 fully saturated rings. The van der Waals surface area contributed by atoms with Crippen LogP contribution in [0.25, 0.3) is 22.2 Å². The Balaban J connectivity index is 1.71. The molecule has 0 spiro atoms. The van der Waals surface area contributed by atoms with Gasteiger partial charge in [0.05, 0.1) is 0 Å². The number of hydrogen-bond acceptors (Lipinski definition) is 3. The van der Waals surface area contributed by atoms with E-state index in [2.05, 4.69) is 76.5 Å². The standard InChI is InChI=1S/C21H17N3/c1-24(17-6-3-2-4-7-17)18-11-9-16(10-12-18)19-13-15-23-21-20(19)8-5-14-22-21/h2-15H,1H3. The van der Waals surface area contributed by atoms with Crippen LogP contribution in [0.5, 0.6) is 0 Å². The number of nitrogens with zero attached hydrogens (tertiary/aromatic N) is 3. The minimum Gasteiger partial charge on any atom is -0.345 e. The minimum atomic E-state index is 0.778. The molecule has 3 nitrogen and oxygen atoms in total. The van der Waals surface area contributed by atoms with E-state index < -0.39 is 0 Å². The fraction of sp³-hybridized carbons (Fsp3) is 0.0476. The van der Waals surface area contributed by atoms with Crippen molar-refractivity contribution in [3.63, 3.8) is 0 Å². The van der Waals surface area contributed by atoms with Crippen molar-refractivity contribution in [3.05, 3.63) is 85.2 Å². The summed E-state index contributed by atoms with van der Waals surface area (Å²) in [5, 5.41) is 1.07. The van der Waals surface area contributed by atoms with Gasteiger partial charge in [0.15, 0.2) is 5.65 Å². The number of anilines is 2. The summed E-state index contributed by atoms with van der Waals surface area (Å²) in [6, 6.07) is 25.0. The molecular weight excluding hydrogens is 294 g/mol. The first-order valence-electron chi connectivity index (χ1n) is 7.92. The molecule has 4 aromatic rings. The first-order chi connectivity index (χ1) is 11.8. The quantitative estimate of drug-likeness (QED) is 0.529. The number of para-hydroxylation sites is 1. The third-order valence-electron chi connectivity index (χ3n) is 4.22. The highest BCUT2D eigenvalue weighted by molar-refractivity contribution is 5.92. The van der Waals surface area contributed by atoms with Gasteiger partial charge >= 0.3 is 0 Å². The molecule has 0 amide bonds. The Morgan fingerprint density at radius 3 is 2.17 bits per heavy atom. The van der Waals surface area contributed by atoms with Gasteiger partial charge in [-0.15, -0.1) is 0 Å². The zero-order chi connectivity index (χ0) is 16.4. The van der Waals surface area contributed by atoms with Crippen LogP contribution in [0.15, 0.2) is 85.2 Å². The second-order valence-corrected chi connectivity index (χ2v) is 5.67. The highest BCUT2D eigenvalue weighted by Crippen LogP contribution is 2.29. The van der Waals surface area contributed by atoms with Gasteiger partial charge in [0, 0.05) is 36.2 Å². The van der Waals surface area contributed by atoms with Crippen LogP contribution in [0, 0.1) is 0 Å². The SMILES string of the molecule is CN(c1ccccc1)c1ccc(-c2ccnc3ncccc23)cc1. The lowest BCUT2D eigenvalue weighted by Gasteiger charge is -2.19. The van der Waals surface area contributed by atoms with Gasteiger partial charge in [-0.25, -0.2) is 9.97 Å². The van der Waals surface area contributed by atoms with Crippen LogP contribution in [0.1, 0.15) is 0 Å². The summed E-state index contributed by atoms with van der Waals surface area (Å²) in [4.78, 5) is 10.8. The van der Waals surface area contributed by atoms with Gasteiger partial charge in [-0.2, -0.15) is 0 Å². The van der Waals surface area contributed by atoms with Gasteiger partial charge in [0.1, 0.15) is 0 Å². The lowest BCUT2D eigenvalue weighted by Crippen LogP contribution is -2.08. The molecule has 0 saturated heterocycles. The van der Waals surface area contributed by atoms with Crippen LogP contribution >= 0.6 is 0 Å².